The Kier molecular flexibility index (Phi) is 5.33. The predicted octanol–water partition coefficient (Wildman–Crippen LogP) is 2.63. The minimum atomic E-state index is -4.48. The van der Waals surface area contributed by atoms with Gasteiger partial charge in [-0.2, -0.15) is 13.2 Å². The first-order valence-corrected chi connectivity index (χ1v) is 6.55. The fourth-order valence-corrected chi connectivity index (χ4v) is 2.01. The van der Waals surface area contributed by atoms with E-state index >= 15 is 0 Å². The Morgan fingerprint density at radius 3 is 2.43 bits per heavy atom. The maximum atomic E-state index is 12.4. The number of nitrogens with zero attached hydrogens (tertiary/aromatic N) is 1. The van der Waals surface area contributed by atoms with Gasteiger partial charge in [-0.05, 0) is 31.4 Å². The number of carbonyl (C=O) groups is 1. The SMILES string of the molecule is CC(C)CC(C)(O)CNC(=O)c1ccc(C(F)(F)F)cn1. The number of hydrogen-bond donors (Lipinski definition) is 2. The summed E-state index contributed by atoms with van der Waals surface area (Å²) in [5.41, 5.74) is -2.11. The third-order valence-electron chi connectivity index (χ3n) is 2.80. The van der Waals surface area contributed by atoms with E-state index in [1.54, 1.807) is 6.92 Å². The second-order valence-corrected chi connectivity index (χ2v) is 5.71. The van der Waals surface area contributed by atoms with Gasteiger partial charge in [-0.25, -0.2) is 0 Å². The second-order valence-electron chi connectivity index (χ2n) is 5.71. The van der Waals surface area contributed by atoms with Crippen molar-refractivity contribution in [2.24, 2.45) is 5.92 Å². The van der Waals surface area contributed by atoms with Gasteiger partial charge in [-0.15, -0.1) is 0 Å². The lowest BCUT2D eigenvalue weighted by Crippen LogP contribution is -2.41. The topological polar surface area (TPSA) is 62.2 Å². The number of rotatable bonds is 5. The molecule has 1 aromatic heterocycles. The van der Waals surface area contributed by atoms with Gasteiger partial charge in [-0.3, -0.25) is 9.78 Å². The molecule has 0 bridgehead atoms. The molecule has 0 saturated heterocycles. The lowest BCUT2D eigenvalue weighted by atomic mass is 9.94. The smallest absolute Gasteiger partial charge is 0.388 e. The van der Waals surface area contributed by atoms with E-state index < -0.39 is 23.2 Å². The fraction of sp³-hybridized carbons (Fsp3) is 0.571. The number of pyridine rings is 1. The Morgan fingerprint density at radius 1 is 1.38 bits per heavy atom. The summed E-state index contributed by atoms with van der Waals surface area (Å²) < 4.78 is 37.1. The Morgan fingerprint density at radius 2 is 2.00 bits per heavy atom. The Hall–Kier alpha value is -1.63. The lowest BCUT2D eigenvalue weighted by molar-refractivity contribution is -0.137. The molecule has 0 aliphatic carbocycles. The minimum Gasteiger partial charge on any atom is -0.388 e. The number of aliphatic hydroxyl groups is 1. The predicted molar refractivity (Wildman–Crippen MR) is 71.7 cm³/mol. The summed E-state index contributed by atoms with van der Waals surface area (Å²) in [5.74, 6) is -0.367. The summed E-state index contributed by atoms with van der Waals surface area (Å²) in [7, 11) is 0. The van der Waals surface area contributed by atoms with Crippen LogP contribution in [0.4, 0.5) is 13.2 Å². The number of alkyl halides is 3. The van der Waals surface area contributed by atoms with Crippen LogP contribution < -0.4 is 5.32 Å². The van der Waals surface area contributed by atoms with E-state index in [0.717, 1.165) is 12.1 Å². The molecule has 1 aromatic rings. The summed E-state index contributed by atoms with van der Waals surface area (Å²) in [6, 6.07) is 1.81. The summed E-state index contributed by atoms with van der Waals surface area (Å²) >= 11 is 0. The van der Waals surface area contributed by atoms with Gasteiger partial charge in [0.15, 0.2) is 0 Å². The first kappa shape index (κ1) is 17.4. The average Bonchev–Trinajstić information content (AvgIpc) is 2.33. The molecule has 1 rings (SSSR count). The molecule has 0 fully saturated rings. The summed E-state index contributed by atoms with van der Waals surface area (Å²) in [6.45, 7) is 5.47. The molecule has 0 aromatic carbocycles. The van der Waals surface area contributed by atoms with E-state index in [-0.39, 0.29) is 18.2 Å². The van der Waals surface area contributed by atoms with Crippen molar-refractivity contribution in [2.45, 2.75) is 39.0 Å². The van der Waals surface area contributed by atoms with Gasteiger partial charge in [0, 0.05) is 12.7 Å². The van der Waals surface area contributed by atoms with E-state index in [1.165, 1.54) is 0 Å². The molecule has 4 nitrogen and oxygen atoms in total. The van der Waals surface area contributed by atoms with E-state index in [0.29, 0.717) is 12.6 Å². The molecule has 21 heavy (non-hydrogen) atoms. The Labute approximate surface area is 121 Å². The number of amides is 1. The number of hydrogen-bond acceptors (Lipinski definition) is 3. The molecule has 0 aliphatic heterocycles. The molecule has 0 aliphatic rings. The fourth-order valence-electron chi connectivity index (χ4n) is 2.01. The summed E-state index contributed by atoms with van der Waals surface area (Å²) in [5, 5.41) is 12.5. The van der Waals surface area contributed by atoms with Gasteiger partial charge < -0.3 is 10.4 Å². The molecule has 118 valence electrons. The summed E-state index contributed by atoms with van der Waals surface area (Å²) in [6.07, 6.45) is -3.38. The van der Waals surface area contributed by atoms with Crippen LogP contribution in [-0.2, 0) is 6.18 Å². The van der Waals surface area contributed by atoms with Crippen molar-refractivity contribution in [3.63, 3.8) is 0 Å². The van der Waals surface area contributed by atoms with Crippen LogP contribution in [0, 0.1) is 5.92 Å². The molecular formula is C14H19F3N2O2. The van der Waals surface area contributed by atoms with Gasteiger partial charge in [-0.1, -0.05) is 13.8 Å². The van der Waals surface area contributed by atoms with Crippen molar-refractivity contribution in [1.29, 1.82) is 0 Å². The van der Waals surface area contributed by atoms with E-state index in [4.69, 9.17) is 0 Å². The number of carbonyl (C=O) groups excluding carboxylic acids is 1. The molecule has 1 unspecified atom stereocenters. The van der Waals surface area contributed by atoms with Crippen LogP contribution in [-0.4, -0.2) is 28.1 Å². The molecule has 7 heteroatoms. The third kappa shape index (κ3) is 5.71. The highest BCUT2D eigenvalue weighted by Crippen LogP contribution is 2.28. The molecule has 2 N–H and O–H groups in total. The molecule has 1 heterocycles. The second kappa shape index (κ2) is 6.43. The highest BCUT2D eigenvalue weighted by molar-refractivity contribution is 5.92. The van der Waals surface area contributed by atoms with Crippen LogP contribution >= 0.6 is 0 Å². The Balaban J connectivity index is 2.64. The molecular weight excluding hydrogens is 285 g/mol. The van der Waals surface area contributed by atoms with Crippen LogP contribution in [0.2, 0.25) is 0 Å². The van der Waals surface area contributed by atoms with Crippen LogP contribution in [0.15, 0.2) is 18.3 Å². The zero-order valence-corrected chi connectivity index (χ0v) is 12.2. The number of halogens is 3. The van der Waals surface area contributed by atoms with Gasteiger partial charge in [0.2, 0.25) is 0 Å². The standard InChI is InChI=1S/C14H19F3N2O2/c1-9(2)6-13(3,21)8-19-12(20)11-5-4-10(7-18-11)14(15,16)17/h4-5,7,9,21H,6,8H2,1-3H3,(H,19,20). The highest BCUT2D eigenvalue weighted by Gasteiger charge is 2.31. The average molecular weight is 304 g/mol. The highest BCUT2D eigenvalue weighted by atomic mass is 19.4. The van der Waals surface area contributed by atoms with Gasteiger partial charge in [0.25, 0.3) is 5.91 Å². The van der Waals surface area contributed by atoms with Gasteiger partial charge >= 0.3 is 6.18 Å². The molecule has 1 atom stereocenters. The quantitative estimate of drug-likeness (QED) is 0.879. The molecule has 1 amide bonds. The van der Waals surface area contributed by atoms with Crippen molar-refractivity contribution in [3.05, 3.63) is 29.6 Å². The minimum absolute atomic E-state index is 0.00666. The zero-order chi connectivity index (χ0) is 16.3. The van der Waals surface area contributed by atoms with Crippen LogP contribution in [0.1, 0.15) is 43.2 Å². The third-order valence-corrected chi connectivity index (χ3v) is 2.80. The van der Waals surface area contributed by atoms with Gasteiger partial charge in [0.1, 0.15) is 5.69 Å². The van der Waals surface area contributed by atoms with Crippen molar-refractivity contribution in [2.75, 3.05) is 6.54 Å². The van der Waals surface area contributed by atoms with Crippen LogP contribution in [0.3, 0.4) is 0 Å². The Bertz CT molecular complexity index is 482. The van der Waals surface area contributed by atoms with Crippen LogP contribution in [0.5, 0.6) is 0 Å². The van der Waals surface area contributed by atoms with E-state index in [1.807, 2.05) is 13.8 Å². The monoisotopic (exact) mass is 304 g/mol. The van der Waals surface area contributed by atoms with E-state index in [2.05, 4.69) is 10.3 Å². The van der Waals surface area contributed by atoms with Crippen molar-refractivity contribution in [1.82, 2.24) is 10.3 Å². The molecule has 0 saturated carbocycles. The first-order valence-electron chi connectivity index (χ1n) is 6.55. The van der Waals surface area contributed by atoms with Gasteiger partial charge in [0.05, 0.1) is 11.2 Å². The number of aromatic nitrogens is 1. The largest absolute Gasteiger partial charge is 0.417 e. The maximum Gasteiger partial charge on any atom is 0.417 e. The van der Waals surface area contributed by atoms with Crippen molar-refractivity contribution in [3.8, 4) is 0 Å². The molecule has 0 radical (unpaired) electrons. The first-order chi connectivity index (χ1) is 9.51. The maximum absolute atomic E-state index is 12.4. The van der Waals surface area contributed by atoms with Crippen LogP contribution in [0.25, 0.3) is 0 Å². The van der Waals surface area contributed by atoms with E-state index in [9.17, 15) is 23.1 Å². The lowest BCUT2D eigenvalue weighted by Gasteiger charge is -2.25. The molecule has 0 spiro atoms. The number of nitrogens with one attached hydrogen (secondary N) is 1. The van der Waals surface area contributed by atoms with Crippen molar-refractivity contribution < 1.29 is 23.1 Å². The van der Waals surface area contributed by atoms with Crippen molar-refractivity contribution >= 4 is 5.91 Å². The zero-order valence-electron chi connectivity index (χ0n) is 12.2. The summed E-state index contributed by atoms with van der Waals surface area (Å²) in [4.78, 5) is 15.3. The normalized spacial score (nSPS) is 14.9.